The van der Waals surface area contributed by atoms with Crippen molar-refractivity contribution in [1.82, 2.24) is 10.6 Å². The van der Waals surface area contributed by atoms with E-state index in [4.69, 9.17) is 0 Å². The minimum absolute atomic E-state index is 0.327. The first kappa shape index (κ1) is 25.2. The van der Waals surface area contributed by atoms with Gasteiger partial charge in [-0.2, -0.15) is 0 Å². The van der Waals surface area contributed by atoms with Gasteiger partial charge in [0.2, 0.25) is 5.78 Å². The first-order valence-electron chi connectivity index (χ1n) is 11.9. The number of Topliss-reactive ketones (excluding diaryl/α,β-unsaturated/α-hetero) is 1. The van der Waals surface area contributed by atoms with Gasteiger partial charge in [0.15, 0.2) is 0 Å². The van der Waals surface area contributed by atoms with Crippen LogP contribution >= 0.6 is 0 Å². The number of hydrogen-bond acceptors (Lipinski definition) is 3. The summed E-state index contributed by atoms with van der Waals surface area (Å²) in [6, 6.07) is 0. The molecule has 0 bridgehead atoms. The summed E-state index contributed by atoms with van der Waals surface area (Å²) < 4.78 is 0. The molecule has 1 amide bonds. The SMILES string of the molecule is CCCCCCCCCCCCCCCCCC(=O)C(=O)NC=C1C=CC=CN1. The Morgan fingerprint density at radius 3 is 1.79 bits per heavy atom. The molecule has 0 atom stereocenters. The van der Waals surface area contributed by atoms with Gasteiger partial charge >= 0.3 is 0 Å². The molecule has 0 unspecified atom stereocenters. The summed E-state index contributed by atoms with van der Waals surface area (Å²) in [7, 11) is 0. The Morgan fingerprint density at radius 2 is 1.31 bits per heavy atom. The third-order valence-corrected chi connectivity index (χ3v) is 5.35. The van der Waals surface area contributed by atoms with Crippen LogP contribution < -0.4 is 10.6 Å². The van der Waals surface area contributed by atoms with Gasteiger partial charge in [0.1, 0.15) is 0 Å². The molecule has 1 aliphatic rings. The van der Waals surface area contributed by atoms with Gasteiger partial charge in [0, 0.05) is 18.8 Å². The molecule has 1 aliphatic heterocycles. The molecular formula is C25H42N2O2. The van der Waals surface area contributed by atoms with E-state index in [1.165, 1.54) is 83.2 Å². The van der Waals surface area contributed by atoms with Crippen molar-refractivity contribution in [2.75, 3.05) is 0 Å². The first-order valence-corrected chi connectivity index (χ1v) is 11.9. The van der Waals surface area contributed by atoms with E-state index in [-0.39, 0.29) is 5.78 Å². The number of rotatable bonds is 18. The van der Waals surface area contributed by atoms with Gasteiger partial charge in [-0.15, -0.1) is 0 Å². The fourth-order valence-electron chi connectivity index (χ4n) is 3.49. The van der Waals surface area contributed by atoms with Gasteiger partial charge in [0.25, 0.3) is 5.91 Å². The lowest BCUT2D eigenvalue weighted by Crippen LogP contribution is -2.27. The Balaban J connectivity index is 1.85. The lowest BCUT2D eigenvalue weighted by atomic mass is 10.0. The maximum absolute atomic E-state index is 11.9. The van der Waals surface area contributed by atoms with Gasteiger partial charge in [-0.05, 0) is 18.6 Å². The minimum atomic E-state index is -0.521. The van der Waals surface area contributed by atoms with E-state index in [0.717, 1.165) is 25.0 Å². The molecule has 4 nitrogen and oxygen atoms in total. The van der Waals surface area contributed by atoms with Crippen molar-refractivity contribution in [1.29, 1.82) is 0 Å². The highest BCUT2D eigenvalue weighted by atomic mass is 16.2. The second-order valence-electron chi connectivity index (χ2n) is 8.06. The van der Waals surface area contributed by atoms with Gasteiger partial charge in [0.05, 0.1) is 5.70 Å². The molecule has 0 aromatic carbocycles. The molecule has 0 saturated carbocycles. The average molecular weight is 403 g/mol. The van der Waals surface area contributed by atoms with Crippen LogP contribution in [-0.2, 0) is 9.59 Å². The molecule has 0 fully saturated rings. The quantitative estimate of drug-likeness (QED) is 0.205. The van der Waals surface area contributed by atoms with E-state index in [9.17, 15) is 9.59 Å². The monoisotopic (exact) mass is 402 g/mol. The third kappa shape index (κ3) is 14.8. The van der Waals surface area contributed by atoms with E-state index in [1.807, 2.05) is 18.2 Å². The lowest BCUT2D eigenvalue weighted by Gasteiger charge is -2.06. The Morgan fingerprint density at radius 1 is 0.793 bits per heavy atom. The van der Waals surface area contributed by atoms with Crippen molar-refractivity contribution in [2.24, 2.45) is 0 Å². The number of amides is 1. The zero-order valence-corrected chi connectivity index (χ0v) is 18.5. The molecule has 0 spiro atoms. The molecule has 0 aromatic rings. The van der Waals surface area contributed by atoms with Crippen molar-refractivity contribution < 1.29 is 9.59 Å². The summed E-state index contributed by atoms with van der Waals surface area (Å²) in [5.41, 5.74) is 0.764. The van der Waals surface area contributed by atoms with E-state index >= 15 is 0 Å². The largest absolute Gasteiger partial charge is 0.361 e. The summed E-state index contributed by atoms with van der Waals surface area (Å²) in [6.45, 7) is 2.27. The van der Waals surface area contributed by atoms with Crippen LogP contribution in [0.4, 0.5) is 0 Å². The van der Waals surface area contributed by atoms with Crippen molar-refractivity contribution in [2.45, 2.75) is 110 Å². The standard InChI is InChI=1S/C25H42N2O2/c1-2-3-4-5-6-7-8-9-10-11-12-13-14-15-16-20-24(28)25(29)27-22-23-19-17-18-21-26-23/h17-19,21-22,26H,2-16,20H2,1H3,(H,27,29). The fraction of sp³-hybridized carbons (Fsp3) is 0.680. The van der Waals surface area contributed by atoms with E-state index < -0.39 is 5.91 Å². The first-order chi connectivity index (χ1) is 14.2. The summed E-state index contributed by atoms with van der Waals surface area (Å²) in [4.78, 5) is 23.6. The van der Waals surface area contributed by atoms with Crippen LogP contribution in [0.5, 0.6) is 0 Å². The van der Waals surface area contributed by atoms with Crippen molar-refractivity contribution >= 4 is 11.7 Å². The zero-order chi connectivity index (χ0) is 21.0. The normalized spacial score (nSPS) is 14.2. The van der Waals surface area contributed by atoms with Crippen LogP contribution in [0.3, 0.4) is 0 Å². The second kappa shape index (κ2) is 18.2. The van der Waals surface area contributed by atoms with Crippen LogP contribution in [0.25, 0.3) is 0 Å². The van der Waals surface area contributed by atoms with Gasteiger partial charge in [-0.3, -0.25) is 9.59 Å². The third-order valence-electron chi connectivity index (χ3n) is 5.35. The number of allylic oxidation sites excluding steroid dienone is 3. The number of carbonyl (C=O) groups is 2. The molecule has 164 valence electrons. The smallest absolute Gasteiger partial charge is 0.291 e. The molecule has 0 aromatic heterocycles. The van der Waals surface area contributed by atoms with Crippen LogP contribution in [0.15, 0.2) is 36.3 Å². The number of dihydropyridines is 1. The molecule has 2 N–H and O–H groups in total. The van der Waals surface area contributed by atoms with Gasteiger partial charge < -0.3 is 10.6 Å². The Labute approximate surface area is 178 Å². The summed E-state index contributed by atoms with van der Waals surface area (Å²) >= 11 is 0. The van der Waals surface area contributed by atoms with Crippen LogP contribution in [0.2, 0.25) is 0 Å². The fourth-order valence-corrected chi connectivity index (χ4v) is 3.49. The minimum Gasteiger partial charge on any atom is -0.361 e. The molecule has 1 rings (SSSR count). The molecule has 0 radical (unpaired) electrons. The zero-order valence-electron chi connectivity index (χ0n) is 18.5. The molecule has 29 heavy (non-hydrogen) atoms. The van der Waals surface area contributed by atoms with Crippen LogP contribution in [0, 0.1) is 0 Å². The van der Waals surface area contributed by atoms with E-state index in [0.29, 0.717) is 6.42 Å². The molecule has 0 saturated heterocycles. The Hall–Kier alpha value is -1.84. The van der Waals surface area contributed by atoms with E-state index in [2.05, 4.69) is 17.6 Å². The Bertz CT molecular complexity index is 535. The number of ketones is 1. The topological polar surface area (TPSA) is 58.2 Å². The number of carbonyl (C=O) groups excluding carboxylic acids is 2. The number of nitrogens with one attached hydrogen (secondary N) is 2. The highest BCUT2D eigenvalue weighted by Crippen LogP contribution is 2.13. The summed E-state index contributed by atoms with van der Waals surface area (Å²) in [5.74, 6) is -0.848. The van der Waals surface area contributed by atoms with Crippen LogP contribution in [-0.4, -0.2) is 11.7 Å². The predicted octanol–water partition coefficient (Wildman–Crippen LogP) is 6.45. The highest BCUT2D eigenvalue weighted by Gasteiger charge is 2.11. The number of hydrogen-bond donors (Lipinski definition) is 2. The predicted molar refractivity (Wildman–Crippen MR) is 122 cm³/mol. The molecular weight excluding hydrogens is 360 g/mol. The summed E-state index contributed by atoms with van der Waals surface area (Å²) in [6.07, 6.45) is 28.6. The van der Waals surface area contributed by atoms with Crippen molar-refractivity contribution in [3.05, 3.63) is 36.3 Å². The highest BCUT2D eigenvalue weighted by molar-refractivity contribution is 6.36. The second-order valence-corrected chi connectivity index (χ2v) is 8.06. The van der Waals surface area contributed by atoms with Gasteiger partial charge in [-0.1, -0.05) is 103 Å². The molecule has 4 heteroatoms. The van der Waals surface area contributed by atoms with Crippen molar-refractivity contribution in [3.8, 4) is 0 Å². The van der Waals surface area contributed by atoms with Gasteiger partial charge in [-0.25, -0.2) is 0 Å². The average Bonchev–Trinajstić information content (AvgIpc) is 2.75. The molecule has 0 aliphatic carbocycles. The maximum Gasteiger partial charge on any atom is 0.291 e. The Kier molecular flexibility index (Phi) is 15.8. The van der Waals surface area contributed by atoms with Crippen molar-refractivity contribution in [3.63, 3.8) is 0 Å². The molecule has 1 heterocycles. The number of unbranched alkanes of at least 4 members (excludes halogenated alkanes) is 14. The summed E-state index contributed by atoms with van der Waals surface area (Å²) in [5, 5.41) is 5.54. The van der Waals surface area contributed by atoms with Crippen LogP contribution in [0.1, 0.15) is 110 Å². The van der Waals surface area contributed by atoms with E-state index in [1.54, 1.807) is 6.20 Å². The maximum atomic E-state index is 11.9. The lowest BCUT2D eigenvalue weighted by molar-refractivity contribution is -0.137.